The molecule has 1 unspecified atom stereocenters. The van der Waals surface area contributed by atoms with Crippen molar-refractivity contribution in [3.05, 3.63) is 24.3 Å². The minimum Gasteiger partial charge on any atom is -0.339 e. The highest BCUT2D eigenvalue weighted by molar-refractivity contribution is 7.80. The number of rotatable bonds is 6. The molecule has 26 heavy (non-hydrogen) atoms. The molecule has 4 N–H and O–H groups in total. The Kier molecular flexibility index (Phi) is 8.89. The van der Waals surface area contributed by atoms with Crippen molar-refractivity contribution >= 4 is 75.3 Å². The molecule has 1 atom stereocenters. The third-order valence-corrected chi connectivity index (χ3v) is 3.84. The second-order valence-corrected chi connectivity index (χ2v) is 8.77. The van der Waals surface area contributed by atoms with Crippen molar-refractivity contribution in [3.8, 4) is 0 Å². The van der Waals surface area contributed by atoms with Crippen molar-refractivity contribution in [2.24, 2.45) is 5.92 Å². The molecule has 0 bridgehead atoms. The van der Waals surface area contributed by atoms with Gasteiger partial charge in [0.05, 0.1) is 0 Å². The Bertz CT molecular complexity index is 648. The molecule has 2 amide bonds. The van der Waals surface area contributed by atoms with E-state index in [1.807, 2.05) is 13.8 Å². The first-order valence-corrected chi connectivity index (χ1v) is 9.33. The quantitative estimate of drug-likeness (QED) is 0.308. The zero-order valence-corrected chi connectivity index (χ0v) is 17.6. The van der Waals surface area contributed by atoms with Gasteiger partial charge in [0, 0.05) is 24.7 Å². The van der Waals surface area contributed by atoms with Crippen LogP contribution in [-0.2, 0) is 9.59 Å². The average Bonchev–Trinajstić information content (AvgIpc) is 2.46. The number of carbonyl (C=O) groups is 2. The number of anilines is 2. The molecule has 10 heteroatoms. The lowest BCUT2D eigenvalue weighted by molar-refractivity contribution is -0.122. The topological polar surface area (TPSA) is 82.3 Å². The Morgan fingerprint density at radius 2 is 1.54 bits per heavy atom. The Balaban J connectivity index is 2.68. The Morgan fingerprint density at radius 3 is 1.96 bits per heavy atom. The largest absolute Gasteiger partial charge is 0.339 e. The van der Waals surface area contributed by atoms with E-state index in [1.165, 1.54) is 6.92 Å². The lowest BCUT2D eigenvalue weighted by Gasteiger charge is -2.28. The normalized spacial score (nSPS) is 12.3. The predicted molar refractivity (Wildman–Crippen MR) is 112 cm³/mol. The Morgan fingerprint density at radius 1 is 1.04 bits per heavy atom. The van der Waals surface area contributed by atoms with E-state index in [1.54, 1.807) is 24.3 Å². The van der Waals surface area contributed by atoms with E-state index in [-0.39, 0.29) is 22.8 Å². The fourth-order valence-electron chi connectivity index (χ4n) is 1.93. The molecule has 1 aromatic carbocycles. The number of thiocarbonyl (C=S) groups is 1. The second kappa shape index (κ2) is 10.2. The zero-order valence-electron chi connectivity index (χ0n) is 14.5. The highest BCUT2D eigenvalue weighted by Gasteiger charge is 2.34. The number of halogens is 3. The maximum absolute atomic E-state index is 12.0. The summed E-state index contributed by atoms with van der Waals surface area (Å²) < 4.78 is -1.80. The van der Waals surface area contributed by atoms with Crippen LogP contribution < -0.4 is 21.3 Å². The Labute approximate surface area is 173 Å². The molecule has 144 valence electrons. The number of benzene rings is 1. The molecule has 0 aliphatic carbocycles. The fourth-order valence-corrected chi connectivity index (χ4v) is 2.49. The number of nitrogens with one attached hydrogen (secondary N) is 4. The van der Waals surface area contributed by atoms with Crippen molar-refractivity contribution < 1.29 is 9.59 Å². The highest BCUT2D eigenvalue weighted by atomic mass is 35.6. The molecule has 6 nitrogen and oxygen atoms in total. The van der Waals surface area contributed by atoms with Crippen molar-refractivity contribution in [1.82, 2.24) is 10.6 Å². The van der Waals surface area contributed by atoms with Gasteiger partial charge in [-0.15, -0.1) is 0 Å². The van der Waals surface area contributed by atoms with E-state index in [0.717, 1.165) is 0 Å². The average molecular weight is 440 g/mol. The van der Waals surface area contributed by atoms with Gasteiger partial charge >= 0.3 is 0 Å². The van der Waals surface area contributed by atoms with Gasteiger partial charge in [-0.1, -0.05) is 48.7 Å². The maximum Gasteiger partial charge on any atom is 0.228 e. The van der Waals surface area contributed by atoms with Gasteiger partial charge in [-0.3, -0.25) is 9.59 Å². The molecule has 0 radical (unpaired) electrons. The maximum atomic E-state index is 12.0. The SMILES string of the molecule is CC(=O)Nc1ccc(NC(=S)NC(NC(=O)CC(C)C)C(Cl)(Cl)Cl)cc1. The van der Waals surface area contributed by atoms with Gasteiger partial charge in [0.1, 0.15) is 6.17 Å². The summed E-state index contributed by atoms with van der Waals surface area (Å²) >= 11 is 23.0. The standard InChI is InChI=1S/C16H21Cl3N4O2S/c1-9(2)8-13(25)22-14(16(17,18)19)23-15(26)21-12-6-4-11(5-7-12)20-10(3)24/h4-7,9,14H,8H2,1-3H3,(H,20,24)(H,22,25)(H2,21,23,26). The number of hydrogen-bond acceptors (Lipinski definition) is 3. The van der Waals surface area contributed by atoms with Gasteiger partial charge in [-0.2, -0.15) is 0 Å². The van der Waals surface area contributed by atoms with Gasteiger partial charge in [-0.05, 0) is 42.4 Å². The molecular formula is C16H21Cl3N4O2S. The smallest absolute Gasteiger partial charge is 0.228 e. The van der Waals surface area contributed by atoms with Crippen LogP contribution in [0.2, 0.25) is 0 Å². The second-order valence-electron chi connectivity index (χ2n) is 6.00. The molecule has 0 spiro atoms. The fraction of sp³-hybridized carbons (Fsp3) is 0.438. The molecule has 0 heterocycles. The van der Waals surface area contributed by atoms with E-state index in [9.17, 15) is 9.59 Å². The summed E-state index contributed by atoms with van der Waals surface area (Å²) in [6, 6.07) is 6.87. The Hall–Kier alpha value is -1.28. The minimum absolute atomic E-state index is 0.162. The summed E-state index contributed by atoms with van der Waals surface area (Å²) in [6.45, 7) is 5.25. The van der Waals surface area contributed by atoms with Gasteiger partial charge in [0.25, 0.3) is 0 Å². The van der Waals surface area contributed by atoms with Crippen LogP contribution in [0, 0.1) is 5.92 Å². The van der Waals surface area contributed by atoms with Gasteiger partial charge in [0.2, 0.25) is 15.6 Å². The molecule has 0 fully saturated rings. The number of carbonyl (C=O) groups excluding carboxylic acids is 2. The van der Waals surface area contributed by atoms with E-state index in [4.69, 9.17) is 47.0 Å². The molecule has 0 saturated heterocycles. The van der Waals surface area contributed by atoms with E-state index in [2.05, 4.69) is 21.3 Å². The van der Waals surface area contributed by atoms with Gasteiger partial charge in [-0.25, -0.2) is 0 Å². The first kappa shape index (κ1) is 22.8. The van der Waals surface area contributed by atoms with Crippen LogP contribution in [0.15, 0.2) is 24.3 Å². The van der Waals surface area contributed by atoms with Crippen LogP contribution in [-0.4, -0.2) is 26.9 Å². The van der Waals surface area contributed by atoms with Crippen LogP contribution in [0.4, 0.5) is 11.4 Å². The summed E-state index contributed by atoms with van der Waals surface area (Å²) in [5.41, 5.74) is 1.32. The van der Waals surface area contributed by atoms with Crippen LogP contribution >= 0.6 is 47.0 Å². The monoisotopic (exact) mass is 438 g/mol. The molecule has 0 aliphatic rings. The molecule has 0 aromatic heterocycles. The number of alkyl halides is 3. The molecule has 1 aromatic rings. The predicted octanol–water partition coefficient (Wildman–Crippen LogP) is 3.79. The van der Waals surface area contributed by atoms with Crippen LogP contribution in [0.5, 0.6) is 0 Å². The van der Waals surface area contributed by atoms with Crippen molar-refractivity contribution in [3.63, 3.8) is 0 Å². The summed E-state index contributed by atoms with van der Waals surface area (Å²) in [5.74, 6) is -0.255. The van der Waals surface area contributed by atoms with Crippen LogP contribution in [0.25, 0.3) is 0 Å². The third-order valence-electron chi connectivity index (χ3n) is 2.96. The van der Waals surface area contributed by atoms with E-state index < -0.39 is 9.96 Å². The van der Waals surface area contributed by atoms with Crippen molar-refractivity contribution in [1.29, 1.82) is 0 Å². The molecule has 0 saturated carbocycles. The molecule has 0 aliphatic heterocycles. The van der Waals surface area contributed by atoms with E-state index >= 15 is 0 Å². The van der Waals surface area contributed by atoms with Gasteiger partial charge in [0.15, 0.2) is 5.11 Å². The summed E-state index contributed by atoms with van der Waals surface area (Å²) in [4.78, 5) is 23.0. The minimum atomic E-state index is -1.80. The zero-order chi connectivity index (χ0) is 19.9. The first-order chi connectivity index (χ1) is 12.0. The summed E-state index contributed by atoms with van der Waals surface area (Å²) in [5, 5.41) is 11.1. The molecular weight excluding hydrogens is 419 g/mol. The van der Waals surface area contributed by atoms with Crippen LogP contribution in [0.3, 0.4) is 0 Å². The summed E-state index contributed by atoms with van der Waals surface area (Å²) in [6.07, 6.45) is -0.707. The lowest BCUT2D eigenvalue weighted by Crippen LogP contribution is -2.56. The van der Waals surface area contributed by atoms with Crippen molar-refractivity contribution in [2.75, 3.05) is 10.6 Å². The first-order valence-electron chi connectivity index (χ1n) is 7.78. The summed E-state index contributed by atoms with van der Waals surface area (Å²) in [7, 11) is 0. The number of hydrogen-bond donors (Lipinski definition) is 4. The van der Waals surface area contributed by atoms with E-state index in [0.29, 0.717) is 17.8 Å². The highest BCUT2D eigenvalue weighted by Crippen LogP contribution is 2.29. The lowest BCUT2D eigenvalue weighted by atomic mass is 10.1. The van der Waals surface area contributed by atoms with Gasteiger partial charge < -0.3 is 21.3 Å². The van der Waals surface area contributed by atoms with Crippen LogP contribution in [0.1, 0.15) is 27.2 Å². The van der Waals surface area contributed by atoms with Crippen molar-refractivity contribution in [2.45, 2.75) is 37.2 Å². The number of amides is 2. The third kappa shape index (κ3) is 8.89. The molecule has 1 rings (SSSR count).